The molecule has 0 spiro atoms. The Morgan fingerprint density at radius 3 is 2.78 bits per heavy atom. The maximum absolute atomic E-state index is 10.7. The monoisotopic (exact) mass is 280 g/mol. The van der Waals surface area contributed by atoms with Crippen molar-refractivity contribution in [2.24, 2.45) is 0 Å². The number of hydrogen-bond acceptors (Lipinski definition) is 4. The number of halogens is 1. The molecule has 0 aromatic carbocycles. The van der Waals surface area contributed by atoms with Crippen molar-refractivity contribution in [3.63, 3.8) is 0 Å². The van der Waals surface area contributed by atoms with Crippen molar-refractivity contribution in [3.8, 4) is 0 Å². The van der Waals surface area contributed by atoms with Crippen LogP contribution >= 0.6 is 23.4 Å². The molecule has 2 aromatic heterocycles. The molecule has 0 atom stereocenters. The second kappa shape index (κ2) is 5.84. The van der Waals surface area contributed by atoms with E-state index in [4.69, 9.17) is 16.7 Å². The molecule has 2 aromatic rings. The summed E-state index contributed by atoms with van der Waals surface area (Å²) in [6.07, 6.45) is 1.34. The lowest BCUT2D eigenvalue weighted by atomic mass is 10.3. The predicted octanol–water partition coefficient (Wildman–Crippen LogP) is 3.12. The van der Waals surface area contributed by atoms with E-state index in [1.54, 1.807) is 12.1 Å². The van der Waals surface area contributed by atoms with Crippen LogP contribution in [0.3, 0.4) is 0 Å². The minimum Gasteiger partial charge on any atom is -0.478 e. The van der Waals surface area contributed by atoms with E-state index in [9.17, 15) is 4.79 Å². The number of carboxylic acid groups (broad SMARTS) is 1. The van der Waals surface area contributed by atoms with Gasteiger partial charge in [-0.2, -0.15) is 0 Å². The first-order chi connectivity index (χ1) is 8.65. The Kier molecular flexibility index (Phi) is 4.17. The van der Waals surface area contributed by atoms with Gasteiger partial charge in [-0.25, -0.2) is 14.8 Å². The number of aromatic nitrogens is 2. The smallest absolute Gasteiger partial charge is 0.337 e. The molecular formula is C12H9ClN2O2S. The molecule has 92 valence electrons. The molecule has 2 heterocycles. The molecule has 0 saturated heterocycles. The van der Waals surface area contributed by atoms with Crippen molar-refractivity contribution in [3.05, 3.63) is 52.9 Å². The molecule has 1 N–H and O–H groups in total. The van der Waals surface area contributed by atoms with Crippen LogP contribution in [0.25, 0.3) is 0 Å². The van der Waals surface area contributed by atoms with Crippen molar-refractivity contribution in [1.29, 1.82) is 0 Å². The van der Waals surface area contributed by atoms with Gasteiger partial charge in [-0.05, 0) is 24.3 Å². The number of pyridine rings is 2. The molecule has 0 saturated carbocycles. The number of carboxylic acids is 1. The van der Waals surface area contributed by atoms with E-state index in [0.29, 0.717) is 10.9 Å². The zero-order chi connectivity index (χ0) is 13.0. The number of rotatable bonds is 4. The van der Waals surface area contributed by atoms with E-state index < -0.39 is 5.97 Å². The fourth-order valence-corrected chi connectivity index (χ4v) is 2.20. The van der Waals surface area contributed by atoms with Crippen molar-refractivity contribution in [2.45, 2.75) is 10.8 Å². The molecule has 0 unspecified atom stereocenters. The summed E-state index contributed by atoms with van der Waals surface area (Å²) in [7, 11) is 0. The Hall–Kier alpha value is -1.59. The highest BCUT2D eigenvalue weighted by Gasteiger charge is 2.04. The van der Waals surface area contributed by atoms with Gasteiger partial charge in [-0.15, -0.1) is 11.8 Å². The molecule has 0 amide bonds. The zero-order valence-corrected chi connectivity index (χ0v) is 10.8. The molecule has 0 fully saturated rings. The van der Waals surface area contributed by atoms with Crippen LogP contribution in [-0.2, 0) is 5.75 Å². The molecule has 2 rings (SSSR count). The van der Waals surface area contributed by atoms with Crippen molar-refractivity contribution in [1.82, 2.24) is 9.97 Å². The summed E-state index contributed by atoms with van der Waals surface area (Å²) in [5, 5.41) is 9.95. The number of nitrogens with zero attached hydrogens (tertiary/aromatic N) is 2. The minimum absolute atomic E-state index is 0.181. The summed E-state index contributed by atoms with van der Waals surface area (Å²) in [6, 6.07) is 8.65. The maximum atomic E-state index is 10.7. The second-order valence-corrected chi connectivity index (χ2v) is 4.81. The topological polar surface area (TPSA) is 63.1 Å². The van der Waals surface area contributed by atoms with Crippen LogP contribution in [0.2, 0.25) is 5.15 Å². The second-order valence-electron chi connectivity index (χ2n) is 3.43. The van der Waals surface area contributed by atoms with Gasteiger partial charge < -0.3 is 5.11 Å². The van der Waals surface area contributed by atoms with E-state index >= 15 is 0 Å². The number of thioether (sulfide) groups is 1. The lowest BCUT2D eigenvalue weighted by molar-refractivity contribution is 0.0696. The quantitative estimate of drug-likeness (QED) is 0.689. The Bertz CT molecular complexity index is 560. The third kappa shape index (κ3) is 3.45. The number of hydrogen-bond donors (Lipinski definition) is 1. The van der Waals surface area contributed by atoms with Crippen LogP contribution in [0.15, 0.2) is 41.6 Å². The summed E-state index contributed by atoms with van der Waals surface area (Å²) in [4.78, 5) is 18.9. The van der Waals surface area contributed by atoms with Gasteiger partial charge in [0.25, 0.3) is 0 Å². The molecule has 0 aliphatic rings. The first kappa shape index (κ1) is 12.9. The lowest BCUT2D eigenvalue weighted by Crippen LogP contribution is -1.96. The van der Waals surface area contributed by atoms with Gasteiger partial charge in [0.2, 0.25) is 0 Å². The van der Waals surface area contributed by atoms with Crippen LogP contribution in [0.1, 0.15) is 16.1 Å². The first-order valence-corrected chi connectivity index (χ1v) is 6.45. The largest absolute Gasteiger partial charge is 0.478 e. The fourth-order valence-electron chi connectivity index (χ4n) is 1.27. The fraction of sp³-hybridized carbons (Fsp3) is 0.0833. The van der Waals surface area contributed by atoms with Crippen LogP contribution in [0, 0.1) is 0 Å². The highest BCUT2D eigenvalue weighted by molar-refractivity contribution is 7.98. The third-order valence-corrected chi connectivity index (χ3v) is 3.31. The van der Waals surface area contributed by atoms with Crippen molar-refractivity contribution >= 4 is 29.3 Å². The van der Waals surface area contributed by atoms with E-state index in [1.165, 1.54) is 24.0 Å². The Morgan fingerprint density at radius 2 is 2.17 bits per heavy atom. The van der Waals surface area contributed by atoms with Crippen LogP contribution in [0.5, 0.6) is 0 Å². The van der Waals surface area contributed by atoms with Gasteiger partial charge in [0.05, 0.1) is 16.3 Å². The molecule has 0 radical (unpaired) electrons. The summed E-state index contributed by atoms with van der Waals surface area (Å²) < 4.78 is 0. The van der Waals surface area contributed by atoms with Crippen molar-refractivity contribution in [2.75, 3.05) is 0 Å². The summed E-state index contributed by atoms with van der Waals surface area (Å²) in [6.45, 7) is 0. The Labute approximate surface area is 113 Å². The van der Waals surface area contributed by atoms with Gasteiger partial charge in [-0.3, -0.25) is 0 Å². The molecular weight excluding hydrogens is 272 g/mol. The molecule has 18 heavy (non-hydrogen) atoms. The molecule has 4 nitrogen and oxygen atoms in total. The summed E-state index contributed by atoms with van der Waals surface area (Å²) in [5.41, 5.74) is 1.04. The number of carbonyl (C=O) groups is 1. The van der Waals surface area contributed by atoms with Gasteiger partial charge in [0, 0.05) is 11.9 Å². The van der Waals surface area contributed by atoms with E-state index in [1.807, 2.05) is 12.1 Å². The van der Waals surface area contributed by atoms with Gasteiger partial charge in [0.1, 0.15) is 5.15 Å². The lowest BCUT2D eigenvalue weighted by Gasteiger charge is -2.01. The van der Waals surface area contributed by atoms with E-state index in [0.717, 1.165) is 10.7 Å². The van der Waals surface area contributed by atoms with Crippen LogP contribution in [-0.4, -0.2) is 21.0 Å². The Morgan fingerprint density at radius 1 is 1.33 bits per heavy atom. The average molecular weight is 281 g/mol. The number of aromatic carboxylic acids is 1. The Balaban J connectivity index is 2.00. The highest BCUT2D eigenvalue weighted by atomic mass is 35.5. The van der Waals surface area contributed by atoms with Crippen LogP contribution in [0.4, 0.5) is 0 Å². The average Bonchev–Trinajstić information content (AvgIpc) is 2.37. The van der Waals surface area contributed by atoms with E-state index in [-0.39, 0.29) is 5.56 Å². The molecule has 0 aliphatic carbocycles. The predicted molar refractivity (Wildman–Crippen MR) is 70.0 cm³/mol. The SMILES string of the molecule is O=C(O)c1ccc(SCc2cccc(Cl)n2)nc1. The third-order valence-electron chi connectivity index (χ3n) is 2.12. The van der Waals surface area contributed by atoms with Gasteiger partial charge in [-0.1, -0.05) is 17.7 Å². The van der Waals surface area contributed by atoms with Crippen LogP contribution < -0.4 is 0 Å². The van der Waals surface area contributed by atoms with E-state index in [2.05, 4.69) is 9.97 Å². The summed E-state index contributed by atoms with van der Waals surface area (Å²) >= 11 is 7.26. The molecule has 0 aliphatic heterocycles. The normalized spacial score (nSPS) is 10.3. The van der Waals surface area contributed by atoms with Gasteiger partial charge in [0.15, 0.2) is 0 Å². The molecule has 6 heteroatoms. The standard InChI is InChI=1S/C12H9ClN2O2S/c13-10-3-1-2-9(15-10)7-18-11-5-4-8(6-14-11)12(16)17/h1-6H,7H2,(H,16,17). The zero-order valence-electron chi connectivity index (χ0n) is 9.21. The van der Waals surface area contributed by atoms with Crippen molar-refractivity contribution < 1.29 is 9.90 Å². The highest BCUT2D eigenvalue weighted by Crippen LogP contribution is 2.20. The minimum atomic E-state index is -0.976. The molecule has 0 bridgehead atoms. The first-order valence-electron chi connectivity index (χ1n) is 5.09. The van der Waals surface area contributed by atoms with Gasteiger partial charge >= 0.3 is 5.97 Å². The summed E-state index contributed by atoms with van der Waals surface area (Å²) in [5.74, 6) is -0.337. The maximum Gasteiger partial charge on any atom is 0.337 e.